The van der Waals surface area contributed by atoms with Crippen LogP contribution in [0.1, 0.15) is 45.7 Å². The molecule has 1 aliphatic rings. The molecule has 1 aromatic heterocycles. The summed E-state index contributed by atoms with van der Waals surface area (Å²) in [5, 5.41) is 11.5. The van der Waals surface area contributed by atoms with Gasteiger partial charge in [0, 0.05) is 30.7 Å². The first-order valence-electron chi connectivity index (χ1n) is 15.8. The summed E-state index contributed by atoms with van der Waals surface area (Å²) in [6.45, 7) is 2.66. The van der Waals surface area contributed by atoms with Crippen LogP contribution in [0.4, 0.5) is 29.2 Å². The normalized spacial score (nSPS) is 12.9. The van der Waals surface area contributed by atoms with Crippen LogP contribution in [0.25, 0.3) is 6.08 Å². The third-order valence-electron chi connectivity index (χ3n) is 7.22. The van der Waals surface area contributed by atoms with E-state index in [1.807, 2.05) is 36.4 Å². The first kappa shape index (κ1) is 34.3. The van der Waals surface area contributed by atoms with Crippen LogP contribution < -0.4 is 26.7 Å². The third kappa shape index (κ3) is 8.35. The van der Waals surface area contributed by atoms with Gasteiger partial charge in [0.15, 0.2) is 5.84 Å². The van der Waals surface area contributed by atoms with Crippen LogP contribution in [-0.2, 0) is 14.4 Å². The monoisotopic (exact) mass is 694 g/mol. The predicted molar refractivity (Wildman–Crippen MR) is 195 cm³/mol. The minimum Gasteiger partial charge on any atom is -0.326 e. The Balaban J connectivity index is 1.36. The van der Waals surface area contributed by atoms with Crippen molar-refractivity contribution in [2.24, 2.45) is 4.99 Å². The molecule has 0 saturated heterocycles. The lowest BCUT2D eigenvalue weighted by Crippen LogP contribution is -2.38. The Morgan fingerprint density at radius 3 is 1.94 bits per heavy atom. The zero-order valence-corrected chi connectivity index (χ0v) is 27.7. The molecule has 5 amide bonds. The number of amides is 5. The van der Waals surface area contributed by atoms with E-state index in [9.17, 15) is 24.0 Å². The highest BCUT2D eigenvalue weighted by Crippen LogP contribution is 2.24. The van der Waals surface area contributed by atoms with Gasteiger partial charge < -0.3 is 10.6 Å². The summed E-state index contributed by atoms with van der Waals surface area (Å²) < 4.78 is 0. The van der Waals surface area contributed by atoms with Crippen molar-refractivity contribution in [2.75, 3.05) is 26.7 Å². The van der Waals surface area contributed by atoms with E-state index in [4.69, 9.17) is 0 Å². The molecular formula is C37H30N10O5. The van der Waals surface area contributed by atoms with Crippen molar-refractivity contribution in [1.82, 2.24) is 20.0 Å². The highest BCUT2D eigenvalue weighted by molar-refractivity contribution is 6.20. The minimum absolute atomic E-state index is 0.108. The van der Waals surface area contributed by atoms with Gasteiger partial charge in [0.2, 0.25) is 29.7 Å². The van der Waals surface area contributed by atoms with Crippen LogP contribution in [0.2, 0.25) is 0 Å². The maximum atomic E-state index is 13.8. The first-order chi connectivity index (χ1) is 25.1. The summed E-state index contributed by atoms with van der Waals surface area (Å²) in [6, 6.07) is 30.7. The number of hydrogen-bond acceptors (Lipinski definition) is 10. The summed E-state index contributed by atoms with van der Waals surface area (Å²) in [6.07, 6.45) is 1.64. The van der Waals surface area contributed by atoms with Gasteiger partial charge in [-0.25, -0.2) is 4.99 Å². The molecule has 0 radical (unpaired) electrons. The second-order valence-electron chi connectivity index (χ2n) is 11.2. The van der Waals surface area contributed by atoms with Crippen molar-refractivity contribution in [3.63, 3.8) is 0 Å². The first-order valence-corrected chi connectivity index (χ1v) is 15.8. The van der Waals surface area contributed by atoms with Gasteiger partial charge in [0.25, 0.3) is 17.7 Å². The highest BCUT2D eigenvalue weighted by atomic mass is 16.2. The molecule has 0 spiro atoms. The number of rotatable bonds is 10. The second-order valence-corrected chi connectivity index (χ2v) is 11.2. The van der Waals surface area contributed by atoms with Gasteiger partial charge in [0.1, 0.15) is 5.70 Å². The number of para-hydroxylation sites is 1. The SMILES string of the molecule is CC(=O)Nc1cccc(C(=O)Nc2nc(NC(=O)c3ccccc3NC(C)=O)nc(NN3C(=O)/C(=C\c4ccccc4)N=C3c3ccccc3)n2)c1. The molecule has 15 nitrogen and oxygen atoms in total. The lowest BCUT2D eigenvalue weighted by Gasteiger charge is -2.20. The molecule has 5 aromatic rings. The van der Waals surface area contributed by atoms with Gasteiger partial charge in [-0.1, -0.05) is 78.9 Å². The largest absolute Gasteiger partial charge is 0.326 e. The van der Waals surface area contributed by atoms with Crippen molar-refractivity contribution < 1.29 is 24.0 Å². The summed E-state index contributed by atoms with van der Waals surface area (Å²) >= 11 is 0. The van der Waals surface area contributed by atoms with E-state index in [2.05, 4.69) is 46.6 Å². The number of nitrogens with zero attached hydrogens (tertiary/aromatic N) is 5. The smallest absolute Gasteiger partial charge is 0.297 e. The van der Waals surface area contributed by atoms with E-state index in [0.717, 1.165) is 10.6 Å². The molecule has 15 heteroatoms. The number of nitrogens with one attached hydrogen (secondary N) is 5. The van der Waals surface area contributed by atoms with Crippen molar-refractivity contribution >= 4 is 70.7 Å². The van der Waals surface area contributed by atoms with E-state index < -0.39 is 17.7 Å². The molecule has 52 heavy (non-hydrogen) atoms. The molecule has 0 bridgehead atoms. The molecular weight excluding hydrogens is 664 g/mol. The molecule has 0 unspecified atom stereocenters. The zero-order chi connectivity index (χ0) is 36.6. The summed E-state index contributed by atoms with van der Waals surface area (Å²) in [5.41, 5.74) is 5.27. The number of amidine groups is 1. The van der Waals surface area contributed by atoms with Crippen LogP contribution in [0, 0.1) is 0 Å². The van der Waals surface area contributed by atoms with Gasteiger partial charge in [-0.05, 0) is 42.0 Å². The van der Waals surface area contributed by atoms with Gasteiger partial charge in [-0.15, -0.1) is 0 Å². The lowest BCUT2D eigenvalue weighted by molar-refractivity contribution is -0.121. The Hall–Kier alpha value is -7.55. The van der Waals surface area contributed by atoms with Crippen molar-refractivity contribution in [3.8, 4) is 0 Å². The van der Waals surface area contributed by atoms with E-state index in [0.29, 0.717) is 11.3 Å². The Kier molecular flexibility index (Phi) is 10.1. The van der Waals surface area contributed by atoms with E-state index in [1.165, 1.54) is 32.0 Å². The number of carbonyl (C=O) groups is 5. The number of carbonyl (C=O) groups excluding carboxylic acids is 5. The fourth-order valence-corrected chi connectivity index (χ4v) is 5.01. The van der Waals surface area contributed by atoms with E-state index >= 15 is 0 Å². The number of benzene rings is 4. The minimum atomic E-state index is -0.682. The molecule has 5 N–H and O–H groups in total. The highest BCUT2D eigenvalue weighted by Gasteiger charge is 2.32. The van der Waals surface area contributed by atoms with Gasteiger partial charge in [-0.2, -0.15) is 20.0 Å². The Labute approximate surface area is 296 Å². The lowest BCUT2D eigenvalue weighted by atomic mass is 10.1. The van der Waals surface area contributed by atoms with Crippen LogP contribution in [-0.4, -0.2) is 55.3 Å². The van der Waals surface area contributed by atoms with Crippen LogP contribution >= 0.6 is 0 Å². The van der Waals surface area contributed by atoms with Gasteiger partial charge in [0.05, 0.1) is 11.3 Å². The van der Waals surface area contributed by atoms with E-state index in [1.54, 1.807) is 60.7 Å². The van der Waals surface area contributed by atoms with Crippen molar-refractivity contribution in [2.45, 2.75) is 13.8 Å². The Bertz CT molecular complexity index is 2260. The third-order valence-corrected chi connectivity index (χ3v) is 7.22. The summed E-state index contributed by atoms with van der Waals surface area (Å²) in [4.78, 5) is 81.5. The van der Waals surface area contributed by atoms with Crippen molar-refractivity contribution in [3.05, 3.63) is 137 Å². The predicted octanol–water partition coefficient (Wildman–Crippen LogP) is 4.95. The number of hydrogen-bond donors (Lipinski definition) is 5. The van der Waals surface area contributed by atoms with Crippen LogP contribution in [0.3, 0.4) is 0 Å². The molecule has 0 fully saturated rings. The number of aromatic nitrogens is 3. The Morgan fingerprint density at radius 2 is 1.25 bits per heavy atom. The molecule has 2 heterocycles. The number of hydrazine groups is 1. The quantitative estimate of drug-likeness (QED) is 0.126. The molecule has 258 valence electrons. The maximum absolute atomic E-state index is 13.8. The average Bonchev–Trinajstić information content (AvgIpc) is 3.42. The number of aliphatic imine (C=N–C) groups is 1. The Morgan fingerprint density at radius 1 is 0.635 bits per heavy atom. The molecule has 4 aromatic carbocycles. The fraction of sp³-hybridized carbons (Fsp3) is 0.0541. The molecule has 0 saturated carbocycles. The van der Waals surface area contributed by atoms with Crippen molar-refractivity contribution in [1.29, 1.82) is 0 Å². The fourth-order valence-electron chi connectivity index (χ4n) is 5.01. The van der Waals surface area contributed by atoms with Crippen LogP contribution in [0.5, 0.6) is 0 Å². The average molecular weight is 695 g/mol. The molecule has 6 rings (SSSR count). The molecule has 0 atom stereocenters. The van der Waals surface area contributed by atoms with E-state index in [-0.39, 0.29) is 58.0 Å². The second kappa shape index (κ2) is 15.3. The molecule has 0 aliphatic carbocycles. The maximum Gasteiger partial charge on any atom is 0.297 e. The standard InChI is InChI=1S/C37H30N10O5/c1-22(48)38-27-17-11-16-26(21-27)32(50)41-35-43-36(42-33(51)28-18-9-10-19-29(28)39-23(2)49)45-37(44-35)46-47-31(25-14-7-4-8-15-25)40-30(34(47)52)20-24-12-5-3-6-13-24/h3-21H,1-2H3,(H,38,48)(H,39,49)(H3,41,42,43,44,45,46,50,51)/b30-20+. The molecule has 1 aliphatic heterocycles. The van der Waals surface area contributed by atoms with Crippen LogP contribution in [0.15, 0.2) is 120 Å². The topological polar surface area (TPSA) is 200 Å². The summed E-state index contributed by atoms with van der Waals surface area (Å²) in [7, 11) is 0. The van der Waals surface area contributed by atoms with Gasteiger partial charge >= 0.3 is 0 Å². The summed E-state index contributed by atoms with van der Waals surface area (Å²) in [5.74, 6) is -3.14. The zero-order valence-electron chi connectivity index (χ0n) is 27.7. The number of anilines is 5. The van der Waals surface area contributed by atoms with Gasteiger partial charge in [-0.3, -0.25) is 40.0 Å².